The molecule has 1 N–H and O–H groups in total. The van der Waals surface area contributed by atoms with Crippen LogP contribution in [0.15, 0.2) is 53.3 Å². The Morgan fingerprint density at radius 3 is 2.72 bits per heavy atom. The van der Waals surface area contributed by atoms with Crippen LogP contribution in [-0.4, -0.2) is 56.5 Å². The number of benzene rings is 2. The molecule has 1 aliphatic rings. The van der Waals surface area contributed by atoms with Crippen LogP contribution in [0.4, 0.5) is 0 Å². The SMILES string of the molecule is CCc1ccc2[nH]c(=O)c(CN(Cc3nnnn3Cc3ccc(OC)cc3)C[C@H]3CCCO3)cc2c1. The van der Waals surface area contributed by atoms with Gasteiger partial charge in [-0.1, -0.05) is 25.1 Å². The molecule has 0 aliphatic carbocycles. The largest absolute Gasteiger partial charge is 0.497 e. The van der Waals surface area contributed by atoms with Gasteiger partial charge >= 0.3 is 0 Å². The summed E-state index contributed by atoms with van der Waals surface area (Å²) in [6, 6.07) is 16.1. The van der Waals surface area contributed by atoms with Crippen molar-refractivity contribution in [2.75, 3.05) is 20.3 Å². The molecule has 0 radical (unpaired) electrons. The molecule has 5 rings (SSSR count). The summed E-state index contributed by atoms with van der Waals surface area (Å²) in [6.07, 6.45) is 3.17. The first-order chi connectivity index (χ1) is 17.6. The highest BCUT2D eigenvalue weighted by Crippen LogP contribution is 2.19. The lowest BCUT2D eigenvalue weighted by atomic mass is 10.1. The van der Waals surface area contributed by atoms with Crippen molar-refractivity contribution in [2.24, 2.45) is 0 Å². The summed E-state index contributed by atoms with van der Waals surface area (Å²) in [5.74, 6) is 1.55. The second kappa shape index (κ2) is 11.0. The second-order valence-corrected chi connectivity index (χ2v) is 9.30. The molecule has 9 heteroatoms. The number of pyridine rings is 1. The molecule has 188 valence electrons. The second-order valence-electron chi connectivity index (χ2n) is 9.30. The molecule has 2 aromatic carbocycles. The first-order valence-corrected chi connectivity index (χ1v) is 12.5. The first kappa shape index (κ1) is 24.1. The van der Waals surface area contributed by atoms with Gasteiger partial charge in [0.05, 0.1) is 26.3 Å². The molecule has 1 aliphatic heterocycles. The van der Waals surface area contributed by atoms with Crippen LogP contribution in [0.1, 0.15) is 42.3 Å². The van der Waals surface area contributed by atoms with Gasteiger partial charge in [-0.2, -0.15) is 0 Å². The molecule has 4 aromatic rings. The van der Waals surface area contributed by atoms with Crippen LogP contribution in [0.5, 0.6) is 5.75 Å². The van der Waals surface area contributed by atoms with Gasteiger partial charge in [-0.15, -0.1) is 5.10 Å². The van der Waals surface area contributed by atoms with E-state index in [0.29, 0.717) is 26.2 Å². The third-order valence-electron chi connectivity index (χ3n) is 6.74. The number of nitrogens with one attached hydrogen (secondary N) is 1. The van der Waals surface area contributed by atoms with Gasteiger partial charge in [-0.3, -0.25) is 9.69 Å². The van der Waals surface area contributed by atoms with Crippen molar-refractivity contribution in [3.05, 3.63) is 81.4 Å². The van der Waals surface area contributed by atoms with Gasteiger partial charge in [0.2, 0.25) is 0 Å². The molecule has 1 fully saturated rings. The van der Waals surface area contributed by atoms with E-state index >= 15 is 0 Å². The van der Waals surface area contributed by atoms with Crippen molar-refractivity contribution < 1.29 is 9.47 Å². The average molecular weight is 489 g/mol. The Morgan fingerprint density at radius 2 is 1.97 bits per heavy atom. The molecule has 3 heterocycles. The number of hydrogen-bond acceptors (Lipinski definition) is 7. The summed E-state index contributed by atoms with van der Waals surface area (Å²) in [6.45, 7) is 5.17. The quantitative estimate of drug-likeness (QED) is 0.366. The number of ether oxygens (including phenoxy) is 2. The highest BCUT2D eigenvalue weighted by atomic mass is 16.5. The van der Waals surface area contributed by atoms with Crippen molar-refractivity contribution in [3.63, 3.8) is 0 Å². The Labute approximate surface area is 210 Å². The maximum atomic E-state index is 13.0. The molecule has 0 bridgehead atoms. The molecule has 1 saturated heterocycles. The van der Waals surface area contributed by atoms with E-state index < -0.39 is 0 Å². The fourth-order valence-corrected chi connectivity index (χ4v) is 4.70. The standard InChI is InChI=1S/C27H32N6O3/c1-3-19-8-11-25-21(13-19)14-22(27(34)28-25)16-32(17-24-5-4-12-36-24)18-26-29-30-31-33(26)15-20-6-9-23(35-2)10-7-20/h6-11,13-14,24H,3-5,12,15-18H2,1-2H3,(H,28,34)/t24-/m1/s1. The number of aromatic nitrogens is 5. The highest BCUT2D eigenvalue weighted by molar-refractivity contribution is 5.79. The Morgan fingerprint density at radius 1 is 1.14 bits per heavy atom. The summed E-state index contributed by atoms with van der Waals surface area (Å²) in [5.41, 5.74) is 3.84. The minimum Gasteiger partial charge on any atom is -0.497 e. The summed E-state index contributed by atoms with van der Waals surface area (Å²) < 4.78 is 13.0. The normalized spacial score (nSPS) is 15.7. The Hall–Kier alpha value is -3.56. The van der Waals surface area contributed by atoms with Crippen LogP contribution >= 0.6 is 0 Å². The van der Waals surface area contributed by atoms with Crippen molar-refractivity contribution in [1.29, 1.82) is 0 Å². The molecule has 1 atom stereocenters. The van der Waals surface area contributed by atoms with Gasteiger partial charge in [-0.05, 0) is 76.5 Å². The van der Waals surface area contributed by atoms with Crippen molar-refractivity contribution >= 4 is 10.9 Å². The number of aryl methyl sites for hydroxylation is 1. The number of rotatable bonds is 10. The van der Waals surface area contributed by atoms with Crippen LogP contribution in [0, 0.1) is 0 Å². The van der Waals surface area contributed by atoms with Crippen molar-refractivity contribution in [1.82, 2.24) is 30.1 Å². The molecular formula is C27H32N6O3. The van der Waals surface area contributed by atoms with E-state index in [4.69, 9.17) is 9.47 Å². The Bertz CT molecular complexity index is 1360. The fourth-order valence-electron chi connectivity index (χ4n) is 4.70. The third-order valence-corrected chi connectivity index (χ3v) is 6.74. The maximum Gasteiger partial charge on any atom is 0.252 e. The number of fused-ring (bicyclic) bond motifs is 1. The number of aromatic amines is 1. The number of H-pyrrole nitrogens is 1. The first-order valence-electron chi connectivity index (χ1n) is 12.5. The molecule has 0 spiro atoms. The van der Waals surface area contributed by atoms with Gasteiger partial charge in [0.1, 0.15) is 5.75 Å². The third kappa shape index (κ3) is 5.63. The zero-order valence-electron chi connectivity index (χ0n) is 20.8. The van der Waals surface area contributed by atoms with Gasteiger partial charge < -0.3 is 14.5 Å². The number of methoxy groups -OCH3 is 1. The van der Waals surface area contributed by atoms with Crippen LogP contribution in [-0.2, 0) is 30.8 Å². The summed E-state index contributed by atoms with van der Waals surface area (Å²) in [7, 11) is 1.65. The Balaban J connectivity index is 1.38. The topological polar surface area (TPSA) is 98.2 Å². The minimum atomic E-state index is -0.0677. The smallest absolute Gasteiger partial charge is 0.252 e. The number of hydrogen-bond donors (Lipinski definition) is 1. The molecular weight excluding hydrogens is 456 g/mol. The van der Waals surface area contributed by atoms with E-state index in [1.54, 1.807) is 7.11 Å². The molecule has 0 amide bonds. The van der Waals surface area contributed by atoms with Gasteiger partial charge in [0.25, 0.3) is 5.56 Å². The van der Waals surface area contributed by atoms with E-state index in [0.717, 1.165) is 59.5 Å². The van der Waals surface area contributed by atoms with Gasteiger partial charge in [0.15, 0.2) is 5.82 Å². The Kier molecular flexibility index (Phi) is 7.39. The predicted octanol–water partition coefficient (Wildman–Crippen LogP) is 3.32. The van der Waals surface area contributed by atoms with E-state index in [-0.39, 0.29) is 11.7 Å². The van der Waals surface area contributed by atoms with E-state index in [9.17, 15) is 4.79 Å². The minimum absolute atomic E-state index is 0.0677. The van der Waals surface area contributed by atoms with Crippen LogP contribution in [0.25, 0.3) is 10.9 Å². The van der Waals surface area contributed by atoms with Crippen molar-refractivity contribution in [3.8, 4) is 5.75 Å². The van der Waals surface area contributed by atoms with Crippen molar-refractivity contribution in [2.45, 2.75) is 51.9 Å². The maximum absolute atomic E-state index is 13.0. The van der Waals surface area contributed by atoms with Gasteiger partial charge in [-0.25, -0.2) is 4.68 Å². The monoisotopic (exact) mass is 488 g/mol. The lowest BCUT2D eigenvalue weighted by Crippen LogP contribution is -2.34. The van der Waals surface area contributed by atoms with E-state index in [1.165, 1.54) is 5.56 Å². The molecule has 0 saturated carbocycles. The fraction of sp³-hybridized carbons (Fsp3) is 0.407. The van der Waals surface area contributed by atoms with Crippen LogP contribution in [0.2, 0.25) is 0 Å². The lowest BCUT2D eigenvalue weighted by Gasteiger charge is -2.24. The van der Waals surface area contributed by atoms with Crippen LogP contribution in [0.3, 0.4) is 0 Å². The number of nitrogens with zero attached hydrogens (tertiary/aromatic N) is 5. The number of tetrazole rings is 1. The zero-order valence-corrected chi connectivity index (χ0v) is 20.8. The molecule has 0 unspecified atom stereocenters. The zero-order chi connectivity index (χ0) is 24.9. The predicted molar refractivity (Wildman–Crippen MR) is 137 cm³/mol. The summed E-state index contributed by atoms with van der Waals surface area (Å²) in [5, 5.41) is 13.5. The molecule has 36 heavy (non-hydrogen) atoms. The van der Waals surface area contributed by atoms with Crippen LogP contribution < -0.4 is 10.3 Å². The lowest BCUT2D eigenvalue weighted by molar-refractivity contribution is 0.0663. The summed E-state index contributed by atoms with van der Waals surface area (Å²) >= 11 is 0. The average Bonchev–Trinajstić information content (AvgIpc) is 3.57. The highest BCUT2D eigenvalue weighted by Gasteiger charge is 2.22. The summed E-state index contributed by atoms with van der Waals surface area (Å²) in [4.78, 5) is 18.2. The van der Waals surface area contributed by atoms with E-state index in [1.807, 2.05) is 41.1 Å². The molecule has 9 nitrogen and oxygen atoms in total. The molecule has 2 aromatic heterocycles. The van der Waals surface area contributed by atoms with E-state index in [2.05, 4.69) is 44.5 Å². The van der Waals surface area contributed by atoms with Gasteiger partial charge in [0, 0.05) is 30.8 Å².